The highest BCUT2D eigenvalue weighted by Gasteiger charge is 2.67. The maximum atomic E-state index is 13.4. The molecule has 3 fully saturated rings. The summed E-state index contributed by atoms with van der Waals surface area (Å²) in [5.41, 5.74) is 0.835. The van der Waals surface area contributed by atoms with E-state index in [0.29, 0.717) is 5.06 Å². The minimum atomic E-state index is -2.76. The smallest absolute Gasteiger partial charge is 0.499 e. The van der Waals surface area contributed by atoms with Crippen LogP contribution >= 0.6 is 11.3 Å². The quantitative estimate of drug-likeness (QED) is 0.0744. The van der Waals surface area contributed by atoms with E-state index in [1.165, 1.54) is 12.3 Å². The molecule has 1 aliphatic carbocycles. The Hall–Kier alpha value is -5.57. The molecule has 20 nitrogen and oxygen atoms in total. The third kappa shape index (κ3) is 4.67. The number of esters is 1. The number of nitrogens with one attached hydrogen (secondary N) is 1. The van der Waals surface area contributed by atoms with Crippen LogP contribution in [0.3, 0.4) is 0 Å². The van der Waals surface area contributed by atoms with Gasteiger partial charge in [-0.05, 0) is 6.92 Å². The summed E-state index contributed by atoms with van der Waals surface area (Å²) in [5.74, 6) is -7.66. The van der Waals surface area contributed by atoms with Crippen molar-refractivity contribution in [2.24, 2.45) is 5.16 Å². The summed E-state index contributed by atoms with van der Waals surface area (Å²) >= 11 is 0.943. The lowest BCUT2D eigenvalue weighted by Gasteiger charge is -2.30. The molecule has 2 aromatic heterocycles. The Morgan fingerprint density at radius 2 is 1.91 bits per heavy atom. The Balaban J connectivity index is 1.22. The fourth-order valence-electron chi connectivity index (χ4n) is 5.27. The van der Waals surface area contributed by atoms with Crippen LogP contribution in [0.4, 0.5) is 9.93 Å². The van der Waals surface area contributed by atoms with Crippen LogP contribution in [0, 0.1) is 0 Å². The van der Waals surface area contributed by atoms with Crippen LogP contribution in [-0.2, 0) is 38.4 Å². The molecule has 2 aromatic rings. The number of hydrogen-bond acceptors (Lipinski definition) is 15. The molecule has 4 atom stereocenters. The zero-order valence-electron chi connectivity index (χ0n) is 23.5. The van der Waals surface area contributed by atoms with Crippen LogP contribution in [0.25, 0.3) is 0 Å². The molecule has 0 spiro atoms. The Morgan fingerprint density at radius 1 is 1.20 bits per heavy atom. The van der Waals surface area contributed by atoms with Gasteiger partial charge >= 0.3 is 29.7 Å². The number of pyridine rings is 1. The van der Waals surface area contributed by atoms with Crippen molar-refractivity contribution in [1.82, 2.24) is 20.3 Å². The first-order valence-electron chi connectivity index (χ1n) is 13.4. The third-order valence-electron chi connectivity index (χ3n) is 7.92. The minimum absolute atomic E-state index is 0.0447. The zero-order valence-corrected chi connectivity index (χ0v) is 24.3. The topological polar surface area (TPSA) is 285 Å². The average Bonchev–Trinajstić information content (AvgIpc) is 3.21. The van der Waals surface area contributed by atoms with Crippen LogP contribution in [-0.4, -0.2) is 107 Å². The van der Waals surface area contributed by atoms with E-state index in [-0.39, 0.29) is 29.4 Å². The lowest BCUT2D eigenvalue weighted by molar-refractivity contribution is -0.573. The summed E-state index contributed by atoms with van der Waals surface area (Å²) in [4.78, 5) is 92.5. The molecule has 4 aliphatic rings. The average molecular weight is 663 g/mol. The minimum Gasteiger partial charge on any atom is -0.504 e. The molecule has 21 heteroatoms. The van der Waals surface area contributed by atoms with Gasteiger partial charge < -0.3 is 41.1 Å². The second-order valence-electron chi connectivity index (χ2n) is 10.8. The van der Waals surface area contributed by atoms with Crippen LogP contribution in [0.15, 0.2) is 22.8 Å². The van der Waals surface area contributed by atoms with E-state index in [0.717, 1.165) is 33.1 Å². The number of carboxylic acids is 2. The summed E-state index contributed by atoms with van der Waals surface area (Å²) in [7, 11) is 0. The number of ether oxygens (including phenoxy) is 1. The first-order valence-corrected chi connectivity index (χ1v) is 14.3. The highest BCUT2D eigenvalue weighted by Crippen LogP contribution is 2.41. The molecule has 3 unspecified atom stereocenters. The molecule has 242 valence electrons. The molecule has 7 N–H and O–H groups in total. The second kappa shape index (κ2) is 10.5. The molecule has 5 heterocycles. The largest absolute Gasteiger partial charge is 0.504 e. The van der Waals surface area contributed by atoms with Gasteiger partial charge in [-0.25, -0.2) is 24.3 Å². The predicted octanol–water partition coefficient (Wildman–Crippen LogP) is -1.84. The van der Waals surface area contributed by atoms with Crippen LogP contribution < -0.4 is 15.6 Å². The van der Waals surface area contributed by atoms with E-state index in [4.69, 9.17) is 20.1 Å². The number of cyclic esters (lactones) is 1. The van der Waals surface area contributed by atoms with E-state index in [1.807, 2.05) is 0 Å². The van der Waals surface area contributed by atoms with Crippen molar-refractivity contribution in [3.63, 3.8) is 0 Å². The first-order chi connectivity index (χ1) is 21.7. The summed E-state index contributed by atoms with van der Waals surface area (Å²) in [6.45, 7) is 0.873. The lowest BCUT2D eigenvalue weighted by Crippen LogP contribution is -2.57. The van der Waals surface area contributed by atoms with Gasteiger partial charge in [0, 0.05) is 24.3 Å². The predicted molar refractivity (Wildman–Crippen MR) is 144 cm³/mol. The number of aromatic nitrogens is 2. The molecule has 3 amide bonds. The number of fused-ring (bicyclic) bond motifs is 1. The fourth-order valence-corrected chi connectivity index (χ4v) is 5.82. The van der Waals surface area contributed by atoms with E-state index in [2.05, 4.69) is 15.5 Å². The molecular formula is C25H24N7O13S+. The number of aromatic hydroxyl groups is 2. The van der Waals surface area contributed by atoms with Crippen molar-refractivity contribution in [3.8, 4) is 11.5 Å². The molecule has 46 heavy (non-hydrogen) atoms. The Morgan fingerprint density at radius 3 is 2.52 bits per heavy atom. The van der Waals surface area contributed by atoms with Crippen molar-refractivity contribution < 1.29 is 68.2 Å². The van der Waals surface area contributed by atoms with Gasteiger partial charge in [0.25, 0.3) is 11.8 Å². The third-order valence-corrected chi connectivity index (χ3v) is 8.59. The van der Waals surface area contributed by atoms with E-state index < -0.39 is 95.4 Å². The number of carbonyl (C=O) groups is 6. The number of hydrogen-bond donors (Lipinski definition) is 6. The number of thiazole rings is 1. The standard InChI is InChI=1S/C25H23N7O13S/c1-9-12-4-14(33)15(34)6-30(12)23(42)31(9)13-5-25(21(40)41,44-19(13)37)32-18(36)10(7-43-32)27-17(35)16(11-8-46-22(26)28-11)29-45-24(2-3-24)20(38)39/h4,6,8-10,13H,2-3,5,7H2,1H3,(H6,26,27,28,34,35,38,39,40,41)/p+1/b29-16-/t9?,10-,13?,25?/m0/s1. The number of nitrogens with two attached hydrogens (primary N) is 1. The SMILES string of the molecule is CC1c2cc(O)c(O)c[n+]2C(=O)N1C1CC(C(=O)O)(N2OC[C@H](NC(=O)/C(=N\OC3(C(=O)O)CC3)c3csc(N)n3)C2=O)OC1=O. The van der Waals surface area contributed by atoms with E-state index in [9.17, 15) is 49.2 Å². The number of nitrogen functional groups attached to an aromatic ring is 1. The Kier molecular flexibility index (Phi) is 6.96. The van der Waals surface area contributed by atoms with Crippen LogP contribution in [0.1, 0.15) is 43.6 Å². The van der Waals surface area contributed by atoms with Gasteiger partial charge in [0.2, 0.25) is 11.6 Å². The fraction of sp³-hybridized carbons (Fsp3) is 0.400. The van der Waals surface area contributed by atoms with E-state index in [1.54, 1.807) is 0 Å². The molecule has 1 saturated carbocycles. The molecule has 0 aromatic carbocycles. The highest BCUT2D eigenvalue weighted by molar-refractivity contribution is 7.13. The van der Waals surface area contributed by atoms with Crippen molar-refractivity contribution in [3.05, 3.63) is 29.0 Å². The van der Waals surface area contributed by atoms with Gasteiger partial charge in [0.05, 0.1) is 6.42 Å². The number of carbonyl (C=O) groups excluding carboxylic acids is 4. The number of amides is 3. The monoisotopic (exact) mass is 662 g/mol. The molecule has 0 bridgehead atoms. The van der Waals surface area contributed by atoms with E-state index >= 15 is 0 Å². The number of carboxylic acid groups (broad SMARTS) is 2. The molecule has 3 aliphatic heterocycles. The number of oxime groups is 1. The van der Waals surface area contributed by atoms with Gasteiger partial charge in [0.15, 0.2) is 34.1 Å². The van der Waals surface area contributed by atoms with Crippen LogP contribution in [0.2, 0.25) is 0 Å². The number of nitrogens with zero attached hydrogens (tertiary/aromatic N) is 5. The molecule has 0 radical (unpaired) electrons. The number of anilines is 1. The number of rotatable bonds is 9. The van der Waals surface area contributed by atoms with Crippen molar-refractivity contribution >= 4 is 57.9 Å². The van der Waals surface area contributed by atoms with Gasteiger partial charge in [-0.1, -0.05) is 5.16 Å². The van der Waals surface area contributed by atoms with Gasteiger partial charge in [-0.3, -0.25) is 14.4 Å². The number of hydroxylamine groups is 2. The van der Waals surface area contributed by atoms with Crippen molar-refractivity contribution in [2.75, 3.05) is 12.3 Å². The zero-order chi connectivity index (χ0) is 33.3. The molecule has 2 saturated heterocycles. The maximum absolute atomic E-state index is 13.4. The Bertz CT molecular complexity index is 1760. The van der Waals surface area contributed by atoms with Gasteiger partial charge in [-0.2, -0.15) is 14.4 Å². The summed E-state index contributed by atoms with van der Waals surface area (Å²) in [6.07, 6.45) is 0.423. The summed E-state index contributed by atoms with van der Waals surface area (Å²) in [5, 5.41) is 47.0. The first kappa shape index (κ1) is 30.5. The van der Waals surface area contributed by atoms with Crippen molar-refractivity contribution in [2.45, 2.75) is 55.6 Å². The van der Waals surface area contributed by atoms with Crippen molar-refractivity contribution in [1.29, 1.82) is 0 Å². The van der Waals surface area contributed by atoms with Crippen LogP contribution in [0.5, 0.6) is 11.5 Å². The Labute approximate surface area is 260 Å². The van der Waals surface area contributed by atoms with Gasteiger partial charge in [-0.15, -0.1) is 11.3 Å². The molecule has 6 rings (SSSR count). The highest BCUT2D eigenvalue weighted by atomic mass is 32.1. The van der Waals surface area contributed by atoms with Gasteiger partial charge in [0.1, 0.15) is 24.5 Å². The number of aliphatic carboxylic acids is 2. The summed E-state index contributed by atoms with van der Waals surface area (Å²) < 4.78 is 6.19. The molecular weight excluding hydrogens is 638 g/mol. The lowest BCUT2D eigenvalue weighted by atomic mass is 10.0. The maximum Gasteiger partial charge on any atom is 0.499 e. The normalized spacial score (nSPS) is 26.6. The summed E-state index contributed by atoms with van der Waals surface area (Å²) in [6, 6.07) is -3.73. The second-order valence-corrected chi connectivity index (χ2v) is 11.7.